The van der Waals surface area contributed by atoms with Gasteiger partial charge < -0.3 is 20.7 Å². The van der Waals surface area contributed by atoms with Crippen LogP contribution in [0.2, 0.25) is 0 Å². The average Bonchev–Trinajstić information content (AvgIpc) is 2.42. The van der Waals surface area contributed by atoms with Crippen LogP contribution in [0.25, 0.3) is 0 Å². The summed E-state index contributed by atoms with van der Waals surface area (Å²) < 4.78 is 4.50. The minimum absolute atomic E-state index is 0.0229. The van der Waals surface area contributed by atoms with Crippen LogP contribution in [-0.2, 0) is 4.74 Å². The van der Waals surface area contributed by atoms with Gasteiger partial charge in [-0.15, -0.1) is 0 Å². The van der Waals surface area contributed by atoms with Crippen LogP contribution in [-0.4, -0.2) is 49.1 Å². The van der Waals surface area contributed by atoms with Crippen LogP contribution in [0.15, 0.2) is 18.2 Å². The SMILES string of the molecule is CN(C)C(=O)c1ccc(NCCOC(N)=O)c([N+](=O)[O-])c1. The van der Waals surface area contributed by atoms with Crippen LogP contribution in [0.3, 0.4) is 0 Å². The van der Waals surface area contributed by atoms with E-state index in [0.717, 1.165) is 0 Å². The zero-order chi connectivity index (χ0) is 16.0. The van der Waals surface area contributed by atoms with Crippen LogP contribution < -0.4 is 11.1 Å². The van der Waals surface area contributed by atoms with Gasteiger partial charge in [-0.3, -0.25) is 14.9 Å². The lowest BCUT2D eigenvalue weighted by atomic mass is 10.1. The smallest absolute Gasteiger partial charge is 0.404 e. The topological polar surface area (TPSA) is 128 Å². The molecular formula is C12H16N4O5. The van der Waals surface area contributed by atoms with Crippen molar-refractivity contribution >= 4 is 23.4 Å². The van der Waals surface area contributed by atoms with Crippen molar-refractivity contribution in [2.24, 2.45) is 5.73 Å². The Bertz CT molecular complexity index is 559. The molecule has 0 fully saturated rings. The number of benzene rings is 1. The Hall–Kier alpha value is -2.84. The molecule has 0 saturated heterocycles. The number of anilines is 1. The van der Waals surface area contributed by atoms with Crippen molar-refractivity contribution < 1.29 is 19.2 Å². The van der Waals surface area contributed by atoms with E-state index in [1.54, 1.807) is 14.1 Å². The highest BCUT2D eigenvalue weighted by atomic mass is 16.6. The molecule has 9 heteroatoms. The molecule has 0 unspecified atom stereocenters. The van der Waals surface area contributed by atoms with Crippen LogP contribution in [0.4, 0.5) is 16.2 Å². The first-order chi connectivity index (χ1) is 9.82. The van der Waals surface area contributed by atoms with Gasteiger partial charge in [0.05, 0.1) is 4.92 Å². The summed E-state index contributed by atoms with van der Waals surface area (Å²) in [6.45, 7) is 0.135. The molecule has 3 N–H and O–H groups in total. The Labute approximate surface area is 120 Å². The molecule has 2 amide bonds. The minimum atomic E-state index is -0.918. The van der Waals surface area contributed by atoms with Gasteiger partial charge in [0, 0.05) is 32.3 Å². The fourth-order valence-corrected chi connectivity index (χ4v) is 1.56. The maximum absolute atomic E-state index is 11.8. The largest absolute Gasteiger partial charge is 0.448 e. The van der Waals surface area contributed by atoms with E-state index in [-0.39, 0.29) is 36.0 Å². The Kier molecular flexibility index (Phi) is 5.47. The number of nitrogens with one attached hydrogen (secondary N) is 1. The molecule has 0 aliphatic rings. The third-order valence-corrected chi connectivity index (χ3v) is 2.51. The van der Waals surface area contributed by atoms with E-state index >= 15 is 0 Å². The second-order valence-electron chi connectivity index (χ2n) is 4.28. The maximum atomic E-state index is 11.8. The van der Waals surface area contributed by atoms with E-state index in [0.29, 0.717) is 0 Å². The van der Waals surface area contributed by atoms with Gasteiger partial charge >= 0.3 is 6.09 Å². The molecule has 0 aromatic heterocycles. The molecule has 0 aliphatic carbocycles. The number of carbonyl (C=O) groups is 2. The number of nitrogens with two attached hydrogens (primary N) is 1. The fraction of sp³-hybridized carbons (Fsp3) is 0.333. The highest BCUT2D eigenvalue weighted by Crippen LogP contribution is 2.25. The molecule has 114 valence electrons. The molecular weight excluding hydrogens is 280 g/mol. The monoisotopic (exact) mass is 296 g/mol. The molecule has 9 nitrogen and oxygen atoms in total. The van der Waals surface area contributed by atoms with Crippen LogP contribution in [0.1, 0.15) is 10.4 Å². The van der Waals surface area contributed by atoms with Crippen molar-refractivity contribution in [3.63, 3.8) is 0 Å². The second kappa shape index (κ2) is 7.08. The summed E-state index contributed by atoms with van der Waals surface area (Å²) in [6, 6.07) is 4.10. The van der Waals surface area contributed by atoms with Crippen LogP contribution >= 0.6 is 0 Å². The van der Waals surface area contributed by atoms with Crippen molar-refractivity contribution in [1.82, 2.24) is 4.90 Å². The molecule has 1 aromatic carbocycles. The summed E-state index contributed by atoms with van der Waals surface area (Å²) in [4.78, 5) is 33.9. The summed E-state index contributed by atoms with van der Waals surface area (Å²) >= 11 is 0. The minimum Gasteiger partial charge on any atom is -0.448 e. The Morgan fingerprint density at radius 2 is 2.10 bits per heavy atom. The van der Waals surface area contributed by atoms with Crippen molar-refractivity contribution in [2.75, 3.05) is 32.6 Å². The standard InChI is InChI=1S/C12H16N4O5/c1-15(2)11(17)8-3-4-9(10(7-8)16(19)20)14-5-6-21-12(13)18/h3-4,7,14H,5-6H2,1-2H3,(H2,13,18). The predicted molar refractivity (Wildman–Crippen MR) is 75.1 cm³/mol. The van der Waals surface area contributed by atoms with Gasteiger partial charge in [-0.05, 0) is 12.1 Å². The van der Waals surface area contributed by atoms with Gasteiger partial charge in [0.15, 0.2) is 0 Å². The first-order valence-electron chi connectivity index (χ1n) is 5.99. The number of primary amides is 1. The Balaban J connectivity index is 2.87. The lowest BCUT2D eigenvalue weighted by Gasteiger charge is -2.12. The van der Waals surface area contributed by atoms with Gasteiger partial charge in [-0.2, -0.15) is 0 Å². The van der Waals surface area contributed by atoms with Gasteiger partial charge in [0.1, 0.15) is 12.3 Å². The van der Waals surface area contributed by atoms with Crippen molar-refractivity contribution in [3.8, 4) is 0 Å². The molecule has 0 spiro atoms. The van der Waals surface area contributed by atoms with Gasteiger partial charge in [-0.1, -0.05) is 0 Å². The lowest BCUT2D eigenvalue weighted by Crippen LogP contribution is -2.22. The Morgan fingerprint density at radius 3 is 2.62 bits per heavy atom. The zero-order valence-corrected chi connectivity index (χ0v) is 11.7. The first kappa shape index (κ1) is 16.2. The van der Waals surface area contributed by atoms with Crippen molar-refractivity contribution in [2.45, 2.75) is 0 Å². The molecule has 0 bridgehead atoms. The molecule has 0 heterocycles. The number of amides is 2. The van der Waals surface area contributed by atoms with Gasteiger partial charge in [0.25, 0.3) is 11.6 Å². The van der Waals surface area contributed by atoms with Gasteiger partial charge in [-0.25, -0.2) is 4.79 Å². The normalized spacial score (nSPS) is 9.81. The van der Waals surface area contributed by atoms with E-state index in [1.165, 1.54) is 23.1 Å². The van der Waals surface area contributed by atoms with Crippen molar-refractivity contribution in [1.29, 1.82) is 0 Å². The molecule has 1 rings (SSSR count). The van der Waals surface area contributed by atoms with E-state index in [2.05, 4.69) is 10.1 Å². The quantitative estimate of drug-likeness (QED) is 0.454. The summed E-state index contributed by atoms with van der Waals surface area (Å²) in [6.07, 6.45) is -0.918. The summed E-state index contributed by atoms with van der Waals surface area (Å²) in [5.74, 6) is -0.332. The number of hydrogen-bond acceptors (Lipinski definition) is 6. The van der Waals surface area contributed by atoms with Gasteiger partial charge in [0.2, 0.25) is 0 Å². The van der Waals surface area contributed by atoms with Crippen molar-refractivity contribution in [3.05, 3.63) is 33.9 Å². The number of hydrogen-bond donors (Lipinski definition) is 2. The van der Waals surface area contributed by atoms with E-state index in [9.17, 15) is 19.7 Å². The zero-order valence-electron chi connectivity index (χ0n) is 11.7. The highest BCUT2D eigenvalue weighted by Gasteiger charge is 2.18. The van der Waals surface area contributed by atoms with Crippen LogP contribution in [0, 0.1) is 10.1 Å². The Morgan fingerprint density at radius 1 is 1.43 bits per heavy atom. The maximum Gasteiger partial charge on any atom is 0.404 e. The summed E-state index contributed by atoms with van der Waals surface area (Å²) in [5, 5.41) is 13.8. The third kappa shape index (κ3) is 4.64. The number of nitro benzene ring substituents is 1. The molecule has 0 atom stereocenters. The number of rotatable bonds is 6. The third-order valence-electron chi connectivity index (χ3n) is 2.51. The van der Waals surface area contributed by atoms with E-state index < -0.39 is 11.0 Å². The predicted octanol–water partition coefficient (Wildman–Crippen LogP) is 0.804. The second-order valence-corrected chi connectivity index (χ2v) is 4.28. The van der Waals surface area contributed by atoms with E-state index in [4.69, 9.17) is 5.73 Å². The van der Waals surface area contributed by atoms with Crippen LogP contribution in [0.5, 0.6) is 0 Å². The molecule has 0 aliphatic heterocycles. The lowest BCUT2D eigenvalue weighted by molar-refractivity contribution is -0.384. The average molecular weight is 296 g/mol. The fourth-order valence-electron chi connectivity index (χ4n) is 1.56. The first-order valence-corrected chi connectivity index (χ1v) is 5.99. The van der Waals surface area contributed by atoms with E-state index in [1.807, 2.05) is 0 Å². The number of nitrogens with zero attached hydrogens (tertiary/aromatic N) is 2. The highest BCUT2D eigenvalue weighted by molar-refractivity contribution is 5.95. The number of carbonyl (C=O) groups excluding carboxylic acids is 2. The molecule has 0 radical (unpaired) electrons. The summed E-state index contributed by atoms with van der Waals surface area (Å²) in [5.41, 5.74) is 5.00. The molecule has 0 saturated carbocycles. The molecule has 21 heavy (non-hydrogen) atoms. The molecule has 1 aromatic rings. The number of ether oxygens (including phenoxy) is 1. The number of nitro groups is 1. The summed E-state index contributed by atoms with van der Waals surface area (Å²) in [7, 11) is 3.11.